The molecule has 128 valence electrons. The van der Waals surface area contributed by atoms with Crippen molar-refractivity contribution < 1.29 is 9.53 Å². The van der Waals surface area contributed by atoms with Crippen LogP contribution in [0.4, 0.5) is 5.69 Å². The van der Waals surface area contributed by atoms with Gasteiger partial charge in [0.2, 0.25) is 0 Å². The van der Waals surface area contributed by atoms with E-state index in [4.69, 9.17) is 4.74 Å². The van der Waals surface area contributed by atoms with Crippen molar-refractivity contribution in [1.82, 2.24) is 9.55 Å². The van der Waals surface area contributed by atoms with Crippen LogP contribution in [-0.2, 0) is 6.54 Å². The first-order valence-electron chi connectivity index (χ1n) is 8.04. The van der Waals surface area contributed by atoms with Crippen LogP contribution in [0, 0.1) is 0 Å². The highest BCUT2D eigenvalue weighted by Gasteiger charge is 2.16. The van der Waals surface area contributed by atoms with Gasteiger partial charge in [0.1, 0.15) is 11.4 Å². The largest absolute Gasteiger partial charge is 0.492 e. The Kier molecular flexibility index (Phi) is 4.99. The number of H-pyrrole nitrogens is 1. The molecular weight excluding hydrogens is 318 g/mol. The molecule has 6 heteroatoms. The van der Waals surface area contributed by atoms with E-state index in [1.165, 1.54) is 10.8 Å². The lowest BCUT2D eigenvalue weighted by atomic mass is 10.2. The van der Waals surface area contributed by atoms with Crippen LogP contribution in [0.2, 0.25) is 0 Å². The fourth-order valence-corrected chi connectivity index (χ4v) is 2.54. The maximum atomic E-state index is 12.6. The Hall–Kier alpha value is -3.28. The van der Waals surface area contributed by atoms with Gasteiger partial charge in [-0.05, 0) is 24.6 Å². The van der Waals surface area contributed by atoms with Crippen molar-refractivity contribution in [3.8, 4) is 5.75 Å². The molecule has 0 spiro atoms. The summed E-state index contributed by atoms with van der Waals surface area (Å²) >= 11 is 0. The summed E-state index contributed by atoms with van der Waals surface area (Å²) in [6.07, 6.45) is 1.42. The van der Waals surface area contributed by atoms with E-state index >= 15 is 0 Å². The summed E-state index contributed by atoms with van der Waals surface area (Å²) in [6.45, 7) is 2.69. The van der Waals surface area contributed by atoms with E-state index in [0.29, 0.717) is 24.6 Å². The molecule has 0 fully saturated rings. The summed E-state index contributed by atoms with van der Waals surface area (Å²) in [5, 5.41) is 2.81. The first kappa shape index (κ1) is 16.6. The number of rotatable bonds is 6. The Morgan fingerprint density at radius 3 is 2.60 bits per heavy atom. The Morgan fingerprint density at radius 2 is 1.84 bits per heavy atom. The SMILES string of the molecule is CCOc1ccccc1NC(=O)c1c[nH]c(=O)n1Cc1ccccc1. The van der Waals surface area contributed by atoms with Crippen LogP contribution in [0.25, 0.3) is 0 Å². The molecule has 0 unspecified atom stereocenters. The monoisotopic (exact) mass is 337 g/mol. The lowest BCUT2D eigenvalue weighted by Gasteiger charge is -2.12. The molecule has 3 aromatic rings. The zero-order chi connectivity index (χ0) is 17.6. The van der Waals surface area contributed by atoms with Gasteiger partial charge in [-0.1, -0.05) is 42.5 Å². The van der Waals surface area contributed by atoms with Gasteiger partial charge in [0, 0.05) is 6.20 Å². The zero-order valence-electron chi connectivity index (χ0n) is 13.9. The molecule has 0 atom stereocenters. The Labute approximate surface area is 145 Å². The highest BCUT2D eigenvalue weighted by atomic mass is 16.5. The average Bonchev–Trinajstić information content (AvgIpc) is 2.98. The fraction of sp³-hybridized carbons (Fsp3) is 0.158. The van der Waals surface area contributed by atoms with Gasteiger partial charge in [0.05, 0.1) is 18.8 Å². The number of imidazole rings is 1. The molecule has 0 aliphatic carbocycles. The fourth-order valence-electron chi connectivity index (χ4n) is 2.54. The van der Waals surface area contributed by atoms with Crippen molar-refractivity contribution in [2.24, 2.45) is 0 Å². The number of hydrogen-bond donors (Lipinski definition) is 2. The number of nitrogens with zero attached hydrogens (tertiary/aromatic N) is 1. The predicted octanol–water partition coefficient (Wildman–Crippen LogP) is 2.88. The summed E-state index contributed by atoms with van der Waals surface area (Å²) in [6, 6.07) is 16.7. The van der Waals surface area contributed by atoms with Crippen molar-refractivity contribution in [2.45, 2.75) is 13.5 Å². The van der Waals surface area contributed by atoms with Crippen LogP contribution in [0.15, 0.2) is 65.6 Å². The van der Waals surface area contributed by atoms with Crippen LogP contribution < -0.4 is 15.7 Å². The standard InChI is InChI=1S/C19H19N3O3/c1-2-25-17-11-7-6-10-15(17)21-18(23)16-12-20-19(24)22(16)13-14-8-4-3-5-9-14/h3-12H,2,13H2,1H3,(H,20,24)(H,21,23). The van der Waals surface area contributed by atoms with E-state index in [1.807, 2.05) is 49.4 Å². The minimum atomic E-state index is -0.374. The van der Waals surface area contributed by atoms with Gasteiger partial charge in [0.15, 0.2) is 0 Å². The van der Waals surface area contributed by atoms with Crippen LogP contribution in [-0.4, -0.2) is 22.1 Å². The zero-order valence-corrected chi connectivity index (χ0v) is 13.9. The molecule has 2 N–H and O–H groups in total. The number of ether oxygens (including phenoxy) is 1. The van der Waals surface area contributed by atoms with E-state index < -0.39 is 0 Å². The van der Waals surface area contributed by atoms with E-state index in [9.17, 15) is 9.59 Å². The van der Waals surface area contributed by atoms with Crippen molar-refractivity contribution in [2.75, 3.05) is 11.9 Å². The van der Waals surface area contributed by atoms with Gasteiger partial charge >= 0.3 is 5.69 Å². The molecule has 1 heterocycles. The molecule has 6 nitrogen and oxygen atoms in total. The summed E-state index contributed by atoms with van der Waals surface area (Å²) in [7, 11) is 0. The van der Waals surface area contributed by atoms with Gasteiger partial charge in [-0.15, -0.1) is 0 Å². The topological polar surface area (TPSA) is 76.1 Å². The van der Waals surface area contributed by atoms with E-state index in [-0.39, 0.29) is 17.3 Å². The number of hydrogen-bond acceptors (Lipinski definition) is 3. The maximum Gasteiger partial charge on any atom is 0.326 e. The van der Waals surface area contributed by atoms with Crippen LogP contribution in [0.3, 0.4) is 0 Å². The number of amides is 1. The molecule has 2 aromatic carbocycles. The molecule has 0 saturated heterocycles. The van der Waals surface area contributed by atoms with E-state index in [1.54, 1.807) is 12.1 Å². The third-order valence-corrected chi connectivity index (χ3v) is 3.72. The molecule has 0 radical (unpaired) electrons. The third-order valence-electron chi connectivity index (χ3n) is 3.72. The highest BCUT2D eigenvalue weighted by molar-refractivity contribution is 6.03. The number of carbonyl (C=O) groups excluding carboxylic acids is 1. The predicted molar refractivity (Wildman–Crippen MR) is 96.2 cm³/mol. The first-order valence-corrected chi connectivity index (χ1v) is 8.04. The van der Waals surface area contributed by atoms with Gasteiger partial charge in [-0.25, -0.2) is 4.79 Å². The second-order valence-electron chi connectivity index (χ2n) is 5.43. The average molecular weight is 337 g/mol. The summed E-state index contributed by atoms with van der Waals surface area (Å²) in [5.74, 6) is 0.215. The smallest absolute Gasteiger partial charge is 0.326 e. The molecule has 3 rings (SSSR count). The summed E-state index contributed by atoms with van der Waals surface area (Å²) in [4.78, 5) is 27.3. The van der Waals surface area contributed by atoms with Crippen molar-refractivity contribution in [3.05, 3.63) is 82.5 Å². The second-order valence-corrected chi connectivity index (χ2v) is 5.43. The van der Waals surface area contributed by atoms with Crippen molar-refractivity contribution in [1.29, 1.82) is 0 Å². The summed E-state index contributed by atoms with van der Waals surface area (Å²) < 4.78 is 6.92. The second kappa shape index (κ2) is 7.53. The van der Waals surface area contributed by atoms with Crippen molar-refractivity contribution in [3.63, 3.8) is 0 Å². The van der Waals surface area contributed by atoms with Gasteiger partial charge in [0.25, 0.3) is 5.91 Å². The van der Waals surface area contributed by atoms with Gasteiger partial charge in [-0.2, -0.15) is 0 Å². The number of anilines is 1. The number of carbonyl (C=O) groups is 1. The number of para-hydroxylation sites is 2. The molecule has 25 heavy (non-hydrogen) atoms. The van der Waals surface area contributed by atoms with Gasteiger partial charge in [-0.3, -0.25) is 9.36 Å². The molecule has 1 aromatic heterocycles. The van der Waals surface area contributed by atoms with Crippen LogP contribution >= 0.6 is 0 Å². The number of aromatic amines is 1. The maximum absolute atomic E-state index is 12.6. The summed E-state index contributed by atoms with van der Waals surface area (Å²) in [5.41, 5.74) is 1.44. The first-order chi connectivity index (χ1) is 12.2. The molecule has 0 saturated carbocycles. The minimum absolute atomic E-state index is 0.264. The quantitative estimate of drug-likeness (QED) is 0.726. The van der Waals surface area contributed by atoms with E-state index in [0.717, 1.165) is 5.56 Å². The van der Waals surface area contributed by atoms with Crippen LogP contribution in [0.1, 0.15) is 23.0 Å². The molecule has 0 aliphatic heterocycles. The Bertz CT molecular complexity index is 913. The molecule has 1 amide bonds. The molecular formula is C19H19N3O3. The number of nitrogens with one attached hydrogen (secondary N) is 2. The minimum Gasteiger partial charge on any atom is -0.492 e. The number of aromatic nitrogens is 2. The lowest BCUT2D eigenvalue weighted by Crippen LogP contribution is -2.24. The Balaban J connectivity index is 1.85. The van der Waals surface area contributed by atoms with Crippen LogP contribution in [0.5, 0.6) is 5.75 Å². The third kappa shape index (κ3) is 3.80. The Morgan fingerprint density at radius 1 is 1.12 bits per heavy atom. The van der Waals surface area contributed by atoms with Crippen molar-refractivity contribution >= 4 is 11.6 Å². The lowest BCUT2D eigenvalue weighted by molar-refractivity contribution is 0.101. The normalized spacial score (nSPS) is 10.4. The molecule has 0 bridgehead atoms. The number of benzene rings is 2. The van der Waals surface area contributed by atoms with Gasteiger partial charge < -0.3 is 15.0 Å². The molecule has 0 aliphatic rings. The van der Waals surface area contributed by atoms with E-state index in [2.05, 4.69) is 10.3 Å². The highest BCUT2D eigenvalue weighted by Crippen LogP contribution is 2.24.